The zero-order valence-electron chi connectivity index (χ0n) is 18.4. The Morgan fingerprint density at radius 3 is 2.52 bits per heavy atom. The molecule has 0 bridgehead atoms. The van der Waals surface area contributed by atoms with Gasteiger partial charge in [-0.3, -0.25) is 23.9 Å². The summed E-state index contributed by atoms with van der Waals surface area (Å²) in [5, 5.41) is 2.68. The van der Waals surface area contributed by atoms with Crippen molar-refractivity contribution >= 4 is 23.3 Å². The molecule has 2 aromatic heterocycles. The van der Waals surface area contributed by atoms with Crippen LogP contribution >= 0.6 is 0 Å². The predicted molar refractivity (Wildman–Crippen MR) is 118 cm³/mol. The van der Waals surface area contributed by atoms with Crippen LogP contribution in [-0.2, 0) is 11.3 Å². The van der Waals surface area contributed by atoms with Crippen LogP contribution in [0.25, 0.3) is 0 Å². The van der Waals surface area contributed by atoms with E-state index in [1.54, 1.807) is 12.1 Å². The monoisotopic (exact) mass is 433 g/mol. The van der Waals surface area contributed by atoms with Crippen molar-refractivity contribution in [2.75, 3.05) is 23.7 Å². The number of carbonyl (C=O) groups excluding carboxylic acids is 2. The van der Waals surface area contributed by atoms with Crippen molar-refractivity contribution in [3.05, 3.63) is 45.0 Å². The van der Waals surface area contributed by atoms with Gasteiger partial charge in [-0.1, -0.05) is 27.7 Å². The fourth-order valence-corrected chi connectivity index (χ4v) is 3.14. The molecule has 0 aliphatic rings. The number of hydrogen-bond donors (Lipinski definition) is 3. The predicted octanol–water partition coefficient (Wildman–Crippen LogP) is 1.57. The topological polar surface area (TPSA) is 143 Å². The summed E-state index contributed by atoms with van der Waals surface area (Å²) in [6, 6.07) is 3.16. The van der Waals surface area contributed by atoms with E-state index in [0.717, 1.165) is 0 Å². The first-order valence-corrected chi connectivity index (χ1v) is 10.4. The minimum Gasteiger partial charge on any atom is -0.459 e. The van der Waals surface area contributed by atoms with E-state index in [1.807, 2.05) is 27.7 Å². The lowest BCUT2D eigenvalue weighted by Crippen LogP contribution is -2.43. The number of amides is 2. The molecule has 0 aromatic carbocycles. The molecule has 2 rings (SSSR count). The zero-order chi connectivity index (χ0) is 23.1. The Hall–Kier alpha value is -3.30. The minimum absolute atomic E-state index is 0.0152. The normalized spacial score (nSPS) is 11.2. The maximum absolute atomic E-state index is 13.0. The standard InChI is InChI=1S/C21H31N5O5/c1-13(2)11-25(16(27)8-5-9-23-19(28)15-7-6-10-31-15)17-18(22)26(12-14(3)4)21(30)24-20(17)29/h6-7,10,13-14H,5,8-9,11-12,22H2,1-4H3,(H,23,28)(H,24,29,30). The smallest absolute Gasteiger partial charge is 0.330 e. The van der Waals surface area contributed by atoms with Crippen molar-refractivity contribution in [3.8, 4) is 0 Å². The Bertz CT molecular complexity index is 1000. The lowest BCUT2D eigenvalue weighted by atomic mass is 10.1. The Morgan fingerprint density at radius 2 is 1.94 bits per heavy atom. The van der Waals surface area contributed by atoms with E-state index < -0.39 is 11.2 Å². The molecule has 10 nitrogen and oxygen atoms in total. The van der Waals surface area contributed by atoms with Crippen molar-refractivity contribution in [3.63, 3.8) is 0 Å². The van der Waals surface area contributed by atoms with Crippen LogP contribution in [0.15, 0.2) is 32.4 Å². The van der Waals surface area contributed by atoms with Crippen molar-refractivity contribution < 1.29 is 14.0 Å². The number of furan rings is 1. The summed E-state index contributed by atoms with van der Waals surface area (Å²) in [5.41, 5.74) is 4.87. The molecular weight excluding hydrogens is 402 g/mol. The third-order valence-electron chi connectivity index (χ3n) is 4.48. The van der Waals surface area contributed by atoms with Gasteiger partial charge < -0.3 is 20.4 Å². The van der Waals surface area contributed by atoms with Gasteiger partial charge in [-0.2, -0.15) is 0 Å². The molecule has 31 heavy (non-hydrogen) atoms. The summed E-state index contributed by atoms with van der Waals surface area (Å²) < 4.78 is 6.30. The van der Waals surface area contributed by atoms with Gasteiger partial charge >= 0.3 is 5.69 Å². The van der Waals surface area contributed by atoms with E-state index >= 15 is 0 Å². The van der Waals surface area contributed by atoms with Crippen LogP contribution in [0.1, 0.15) is 51.1 Å². The maximum atomic E-state index is 13.0. The lowest BCUT2D eigenvalue weighted by Gasteiger charge is -2.26. The molecule has 170 valence electrons. The molecule has 0 atom stereocenters. The number of nitrogens with zero attached hydrogens (tertiary/aromatic N) is 2. The van der Waals surface area contributed by atoms with Crippen molar-refractivity contribution in [1.82, 2.24) is 14.9 Å². The van der Waals surface area contributed by atoms with Gasteiger partial charge in [0.25, 0.3) is 11.5 Å². The number of hydrogen-bond acceptors (Lipinski definition) is 6. The average Bonchev–Trinajstić information content (AvgIpc) is 3.21. The van der Waals surface area contributed by atoms with Gasteiger partial charge in [0.1, 0.15) is 5.82 Å². The highest BCUT2D eigenvalue weighted by Crippen LogP contribution is 2.20. The largest absolute Gasteiger partial charge is 0.459 e. The van der Waals surface area contributed by atoms with Crippen LogP contribution in [0.5, 0.6) is 0 Å². The van der Waals surface area contributed by atoms with Gasteiger partial charge in [-0.15, -0.1) is 0 Å². The first-order valence-electron chi connectivity index (χ1n) is 10.4. The van der Waals surface area contributed by atoms with Gasteiger partial charge in [0, 0.05) is 26.1 Å². The Labute approximate surface area is 180 Å². The minimum atomic E-state index is -0.692. The second-order valence-corrected chi connectivity index (χ2v) is 8.23. The number of nitrogens with two attached hydrogens (primary N) is 1. The highest BCUT2D eigenvalue weighted by Gasteiger charge is 2.25. The summed E-state index contributed by atoms with van der Waals surface area (Å²) in [7, 11) is 0. The van der Waals surface area contributed by atoms with E-state index in [-0.39, 0.29) is 60.4 Å². The summed E-state index contributed by atoms with van der Waals surface area (Å²) in [6.45, 7) is 8.52. The summed E-state index contributed by atoms with van der Waals surface area (Å²) in [4.78, 5) is 53.3. The lowest BCUT2D eigenvalue weighted by molar-refractivity contribution is -0.118. The number of anilines is 2. The van der Waals surface area contributed by atoms with E-state index in [9.17, 15) is 19.2 Å². The summed E-state index contributed by atoms with van der Waals surface area (Å²) in [6.07, 6.45) is 1.86. The number of rotatable bonds is 10. The fraction of sp³-hybridized carbons (Fsp3) is 0.524. The molecule has 2 aromatic rings. The molecule has 0 saturated heterocycles. The first-order chi connectivity index (χ1) is 14.6. The van der Waals surface area contributed by atoms with Crippen LogP contribution < -0.4 is 27.2 Å². The molecule has 0 aliphatic carbocycles. The van der Waals surface area contributed by atoms with E-state index in [1.165, 1.54) is 15.7 Å². The SMILES string of the molecule is CC(C)CN(C(=O)CCCNC(=O)c1ccco1)c1c(N)n(CC(C)C)c(=O)[nH]c1=O. The van der Waals surface area contributed by atoms with E-state index in [2.05, 4.69) is 10.3 Å². The Morgan fingerprint density at radius 1 is 1.23 bits per heavy atom. The number of H-pyrrole nitrogens is 1. The van der Waals surface area contributed by atoms with Gasteiger partial charge in [-0.25, -0.2) is 4.79 Å². The van der Waals surface area contributed by atoms with Crippen LogP contribution in [0.2, 0.25) is 0 Å². The van der Waals surface area contributed by atoms with E-state index in [0.29, 0.717) is 13.0 Å². The average molecular weight is 434 g/mol. The van der Waals surface area contributed by atoms with Gasteiger partial charge in [0.2, 0.25) is 5.91 Å². The van der Waals surface area contributed by atoms with E-state index in [4.69, 9.17) is 10.2 Å². The van der Waals surface area contributed by atoms with Crippen molar-refractivity contribution in [1.29, 1.82) is 0 Å². The number of carbonyl (C=O) groups is 2. The molecule has 0 unspecified atom stereocenters. The molecule has 4 N–H and O–H groups in total. The van der Waals surface area contributed by atoms with Gasteiger partial charge in [0.15, 0.2) is 11.4 Å². The molecule has 0 saturated carbocycles. The zero-order valence-corrected chi connectivity index (χ0v) is 18.4. The fourth-order valence-electron chi connectivity index (χ4n) is 3.14. The van der Waals surface area contributed by atoms with Crippen LogP contribution in [0.4, 0.5) is 11.5 Å². The molecule has 0 spiro atoms. The molecule has 0 aliphatic heterocycles. The van der Waals surface area contributed by atoms with Gasteiger partial charge in [0.05, 0.1) is 6.26 Å². The highest BCUT2D eigenvalue weighted by atomic mass is 16.3. The quantitative estimate of drug-likeness (QED) is 0.485. The second kappa shape index (κ2) is 10.6. The molecule has 2 heterocycles. The summed E-state index contributed by atoms with van der Waals surface area (Å²) >= 11 is 0. The molecule has 0 fully saturated rings. The van der Waals surface area contributed by atoms with Crippen molar-refractivity contribution in [2.45, 2.75) is 47.1 Å². The molecule has 10 heteroatoms. The second-order valence-electron chi connectivity index (χ2n) is 8.23. The van der Waals surface area contributed by atoms with Crippen molar-refractivity contribution in [2.24, 2.45) is 11.8 Å². The summed E-state index contributed by atoms with van der Waals surface area (Å²) in [5.74, 6) is -0.328. The first kappa shape index (κ1) is 24.0. The number of nitrogen functional groups attached to an aromatic ring is 1. The third kappa shape index (κ3) is 6.34. The van der Waals surface area contributed by atoms with Gasteiger partial charge in [-0.05, 0) is 30.4 Å². The van der Waals surface area contributed by atoms with Crippen LogP contribution in [0, 0.1) is 11.8 Å². The Kier molecular flexibility index (Phi) is 8.23. The molecular formula is C21H31N5O5. The third-order valence-corrected chi connectivity index (χ3v) is 4.48. The van der Waals surface area contributed by atoms with Crippen LogP contribution in [0.3, 0.4) is 0 Å². The number of aromatic nitrogens is 2. The van der Waals surface area contributed by atoms with Crippen LogP contribution in [-0.4, -0.2) is 34.5 Å². The Balaban J connectivity index is 2.17. The number of nitrogens with one attached hydrogen (secondary N) is 2. The number of aromatic amines is 1. The molecule has 0 radical (unpaired) electrons. The molecule has 2 amide bonds. The highest BCUT2D eigenvalue weighted by molar-refractivity contribution is 5.95. The maximum Gasteiger partial charge on any atom is 0.330 e.